The first-order chi connectivity index (χ1) is 30.7. The van der Waals surface area contributed by atoms with E-state index in [0.29, 0.717) is 17.5 Å². The number of fused-ring (bicyclic) bond motifs is 6. The zero-order valence-corrected chi connectivity index (χ0v) is 33.5. The first-order valence-electron chi connectivity index (χ1n) is 20.9. The van der Waals surface area contributed by atoms with Crippen LogP contribution < -0.4 is 0 Å². The molecule has 290 valence electrons. The molecule has 0 atom stereocenters. The van der Waals surface area contributed by atoms with Crippen molar-refractivity contribution in [1.82, 2.24) is 19.5 Å². The van der Waals surface area contributed by atoms with Gasteiger partial charge < -0.3 is 8.98 Å². The van der Waals surface area contributed by atoms with Gasteiger partial charge in [0.1, 0.15) is 11.2 Å². The molecule has 0 aliphatic heterocycles. The summed E-state index contributed by atoms with van der Waals surface area (Å²) in [5, 5.41) is 4.32. The molecule has 5 heteroatoms. The van der Waals surface area contributed by atoms with Gasteiger partial charge in [-0.25, -0.2) is 15.0 Å². The lowest BCUT2D eigenvalue weighted by molar-refractivity contribution is 0.670. The van der Waals surface area contributed by atoms with Crippen LogP contribution in [0, 0.1) is 0 Å². The number of hydrogen-bond acceptors (Lipinski definition) is 4. The molecule has 3 heterocycles. The van der Waals surface area contributed by atoms with E-state index in [0.717, 1.165) is 99.5 Å². The van der Waals surface area contributed by atoms with Crippen molar-refractivity contribution < 1.29 is 4.42 Å². The zero-order chi connectivity index (χ0) is 41.0. The Morgan fingerprint density at radius 2 is 0.823 bits per heavy atom. The Morgan fingerprint density at radius 3 is 1.52 bits per heavy atom. The number of aromatic nitrogens is 4. The van der Waals surface area contributed by atoms with Gasteiger partial charge in [-0.1, -0.05) is 164 Å². The Balaban J connectivity index is 1.13. The average Bonchev–Trinajstić information content (AvgIpc) is 3.91. The second-order valence-corrected chi connectivity index (χ2v) is 15.6. The Labute approximate surface area is 357 Å². The fourth-order valence-electron chi connectivity index (χ4n) is 8.96. The normalized spacial score (nSPS) is 11.5. The molecule has 0 bridgehead atoms. The largest absolute Gasteiger partial charge is 0.455 e. The van der Waals surface area contributed by atoms with Crippen LogP contribution in [-0.2, 0) is 0 Å². The highest BCUT2D eigenvalue weighted by molar-refractivity contribution is 6.19. The number of benzene rings is 9. The van der Waals surface area contributed by atoms with Crippen LogP contribution >= 0.6 is 0 Å². The quantitative estimate of drug-likeness (QED) is 0.161. The summed E-state index contributed by atoms with van der Waals surface area (Å²) in [4.78, 5) is 15.7. The molecule has 5 nitrogen and oxygen atoms in total. The maximum atomic E-state index is 7.22. The first-order valence-corrected chi connectivity index (χ1v) is 20.9. The van der Waals surface area contributed by atoms with Gasteiger partial charge in [0.2, 0.25) is 0 Å². The summed E-state index contributed by atoms with van der Waals surface area (Å²) in [5.41, 5.74) is 14.0. The highest BCUT2D eigenvalue weighted by atomic mass is 16.3. The van der Waals surface area contributed by atoms with Gasteiger partial charge in [-0.2, -0.15) is 0 Å². The Hall–Kier alpha value is -8.41. The summed E-state index contributed by atoms with van der Waals surface area (Å²) in [7, 11) is 0. The number of rotatable bonds is 7. The molecule has 0 fully saturated rings. The molecule has 9 aromatic carbocycles. The summed E-state index contributed by atoms with van der Waals surface area (Å²) in [6.07, 6.45) is 0. The van der Waals surface area contributed by atoms with Crippen LogP contribution in [0.4, 0.5) is 0 Å². The van der Waals surface area contributed by atoms with Crippen LogP contribution in [-0.4, -0.2) is 19.5 Å². The fraction of sp³-hybridized carbons (Fsp3) is 0. The summed E-state index contributed by atoms with van der Waals surface area (Å²) in [5.74, 6) is 1.71. The fourth-order valence-corrected chi connectivity index (χ4v) is 8.96. The molecule has 0 saturated carbocycles. The van der Waals surface area contributed by atoms with E-state index < -0.39 is 0 Å². The zero-order valence-electron chi connectivity index (χ0n) is 33.5. The minimum Gasteiger partial charge on any atom is -0.455 e. The van der Waals surface area contributed by atoms with Gasteiger partial charge in [-0.3, -0.25) is 0 Å². The Kier molecular flexibility index (Phi) is 8.42. The minimum absolute atomic E-state index is 0.536. The van der Waals surface area contributed by atoms with Crippen LogP contribution in [0.3, 0.4) is 0 Å². The topological polar surface area (TPSA) is 56.7 Å². The van der Waals surface area contributed by atoms with E-state index in [1.165, 1.54) is 0 Å². The number of para-hydroxylation sites is 2. The summed E-state index contributed by atoms with van der Waals surface area (Å²) in [6.45, 7) is 0. The molecule has 12 rings (SSSR count). The maximum absolute atomic E-state index is 7.22. The van der Waals surface area contributed by atoms with Gasteiger partial charge in [0.25, 0.3) is 0 Å². The van der Waals surface area contributed by atoms with Crippen LogP contribution in [0.2, 0.25) is 0 Å². The van der Waals surface area contributed by atoms with Crippen LogP contribution in [0.5, 0.6) is 0 Å². The van der Waals surface area contributed by atoms with Gasteiger partial charge in [-0.15, -0.1) is 0 Å². The van der Waals surface area contributed by atoms with Crippen molar-refractivity contribution in [3.8, 4) is 73.2 Å². The molecule has 0 aliphatic rings. The van der Waals surface area contributed by atoms with Gasteiger partial charge in [-0.05, 0) is 82.4 Å². The second-order valence-electron chi connectivity index (χ2n) is 15.6. The lowest BCUT2D eigenvalue weighted by Crippen LogP contribution is -2.00. The van der Waals surface area contributed by atoms with E-state index in [1.807, 2.05) is 36.4 Å². The third-order valence-corrected chi connectivity index (χ3v) is 11.9. The molecule has 0 spiro atoms. The van der Waals surface area contributed by atoms with Crippen LogP contribution in [0.25, 0.3) is 117 Å². The van der Waals surface area contributed by atoms with Crippen molar-refractivity contribution >= 4 is 43.7 Å². The molecule has 0 aliphatic carbocycles. The van der Waals surface area contributed by atoms with Crippen molar-refractivity contribution in [2.45, 2.75) is 0 Å². The molecular weight excluding hydrogens is 757 g/mol. The van der Waals surface area contributed by atoms with Crippen LogP contribution in [0.15, 0.2) is 223 Å². The molecule has 12 aromatic rings. The molecule has 0 unspecified atom stereocenters. The Morgan fingerprint density at radius 1 is 0.306 bits per heavy atom. The number of hydrogen-bond donors (Lipinski definition) is 0. The van der Waals surface area contributed by atoms with Gasteiger partial charge in [0, 0.05) is 43.9 Å². The first kappa shape index (κ1) is 35.5. The monoisotopic (exact) mass is 792 g/mol. The summed E-state index contributed by atoms with van der Waals surface area (Å²) < 4.78 is 9.54. The highest BCUT2D eigenvalue weighted by Crippen LogP contribution is 2.46. The Bertz CT molecular complexity index is 3600. The standard InChI is InChI=1S/C57H36N4O/c1-6-18-37(19-7-1)42-35-47(39-22-10-3-11-23-39)53-49(36-42)52-44(38-20-8-2-9-21-38)31-32-46(54(52)62-53)57-59-55(40-24-12-4-13-25-40)58-56(60-57)41-30-33-51-48(34-41)45-28-16-17-29-50(45)61(51)43-26-14-5-15-27-43/h1-36H. The van der Waals surface area contributed by atoms with Crippen molar-refractivity contribution in [1.29, 1.82) is 0 Å². The molecule has 0 saturated heterocycles. The number of furan rings is 1. The summed E-state index contributed by atoms with van der Waals surface area (Å²) in [6, 6.07) is 76.2. The minimum atomic E-state index is 0.536. The summed E-state index contributed by atoms with van der Waals surface area (Å²) >= 11 is 0. The highest BCUT2D eigenvalue weighted by Gasteiger charge is 2.24. The third kappa shape index (κ3) is 5.98. The third-order valence-electron chi connectivity index (χ3n) is 11.9. The van der Waals surface area contributed by atoms with Gasteiger partial charge >= 0.3 is 0 Å². The van der Waals surface area contributed by atoms with Crippen molar-refractivity contribution in [3.63, 3.8) is 0 Å². The lowest BCUT2D eigenvalue weighted by atomic mass is 9.92. The average molecular weight is 793 g/mol. The van der Waals surface area contributed by atoms with E-state index in [-0.39, 0.29) is 0 Å². The predicted molar refractivity (Wildman–Crippen MR) is 254 cm³/mol. The van der Waals surface area contributed by atoms with E-state index in [4.69, 9.17) is 19.4 Å². The number of nitrogens with zero attached hydrogens (tertiary/aromatic N) is 4. The molecule has 0 N–H and O–H groups in total. The smallest absolute Gasteiger partial charge is 0.167 e. The maximum Gasteiger partial charge on any atom is 0.167 e. The van der Waals surface area contributed by atoms with Gasteiger partial charge in [0.05, 0.1) is 16.6 Å². The SMILES string of the molecule is c1ccc(-c2cc(-c3ccccc3)c3oc4c(-c5nc(-c6ccccc6)nc(-c6ccc7c(c6)c6ccccc6n7-c6ccccc6)n5)ccc(-c5ccccc5)c4c3c2)cc1. The predicted octanol–water partition coefficient (Wildman–Crippen LogP) is 14.9. The van der Waals surface area contributed by atoms with E-state index in [1.54, 1.807) is 0 Å². The molecular formula is C57H36N4O. The second kappa shape index (κ2) is 14.7. The van der Waals surface area contributed by atoms with Crippen molar-refractivity contribution in [3.05, 3.63) is 218 Å². The van der Waals surface area contributed by atoms with E-state index in [2.05, 4.69) is 187 Å². The molecule has 0 amide bonds. The van der Waals surface area contributed by atoms with E-state index in [9.17, 15) is 0 Å². The van der Waals surface area contributed by atoms with E-state index >= 15 is 0 Å². The molecule has 62 heavy (non-hydrogen) atoms. The van der Waals surface area contributed by atoms with Crippen molar-refractivity contribution in [2.75, 3.05) is 0 Å². The van der Waals surface area contributed by atoms with Crippen LogP contribution in [0.1, 0.15) is 0 Å². The van der Waals surface area contributed by atoms with Crippen molar-refractivity contribution in [2.24, 2.45) is 0 Å². The van der Waals surface area contributed by atoms with Gasteiger partial charge in [0.15, 0.2) is 17.5 Å². The molecule has 3 aromatic heterocycles. The lowest BCUT2D eigenvalue weighted by Gasteiger charge is -2.11. The molecule has 0 radical (unpaired) electrons.